The van der Waals surface area contributed by atoms with Crippen LogP contribution in [0.4, 0.5) is 0 Å². The molecule has 0 heterocycles. The fourth-order valence-corrected chi connectivity index (χ4v) is 9.05. The molecular formula is C66H116N4O25V6-30. The van der Waals surface area contributed by atoms with Crippen molar-refractivity contribution in [2.45, 2.75) is 198 Å². The first-order valence-corrected chi connectivity index (χ1v) is 31.8. The molecule has 2 amide bonds. The maximum absolute atomic E-state index is 12.2. The van der Waals surface area contributed by atoms with Gasteiger partial charge in [-0.05, 0) is 99.3 Å². The van der Waals surface area contributed by atoms with Gasteiger partial charge in [-0.3, -0.25) is 9.59 Å². The maximum Gasteiger partial charge on any atom is 0.338 e. The summed E-state index contributed by atoms with van der Waals surface area (Å²) >= 11 is 0. The quantitative estimate of drug-likeness (QED) is 0.0483. The third-order valence-corrected chi connectivity index (χ3v) is 15.2. The number of benzene rings is 2. The number of nitrogens with one attached hydrogen (secondary N) is 2. The molecule has 0 fully saturated rings. The molecule has 0 atom stereocenters. The summed E-state index contributed by atoms with van der Waals surface area (Å²) in [5.74, 6) is -2.48. The number of rotatable bonds is 44. The fraction of sp³-hybridized carbons (Fsp3) is 0.758. The summed E-state index contributed by atoms with van der Waals surface area (Å²) in [7, 11) is 0. The number of carbonyl (C=O) groups is 4. The van der Waals surface area contributed by atoms with E-state index in [-0.39, 0.29) is 205 Å². The molecule has 29 nitrogen and oxygen atoms in total. The van der Waals surface area contributed by atoms with Gasteiger partial charge in [-0.2, -0.15) is 0 Å². The first kappa shape index (κ1) is 157. The van der Waals surface area contributed by atoms with E-state index in [9.17, 15) is 49.8 Å². The van der Waals surface area contributed by atoms with Crippen molar-refractivity contribution in [3.63, 3.8) is 0 Å². The Labute approximate surface area is 677 Å². The van der Waals surface area contributed by atoms with Crippen molar-refractivity contribution in [2.24, 2.45) is 10.8 Å². The van der Waals surface area contributed by atoms with Gasteiger partial charge in [0.15, 0.2) is 0 Å². The van der Waals surface area contributed by atoms with Crippen LogP contribution in [0, 0.1) is 10.8 Å². The molecule has 2 rings (SSSR count). The average molecular weight is 1670 g/mol. The summed E-state index contributed by atoms with van der Waals surface area (Å²) < 4.78 is 12.8. The normalized spacial score (nSPS) is 9.35. The van der Waals surface area contributed by atoms with Crippen molar-refractivity contribution in [1.82, 2.24) is 10.6 Å². The number of quaternary nitrogens is 2. The molecule has 610 valence electrons. The van der Waals surface area contributed by atoms with E-state index in [2.05, 4.69) is 66.0 Å². The van der Waals surface area contributed by atoms with Crippen LogP contribution in [0.25, 0.3) is 0 Å². The number of carbonyl (C=O) groups excluding carboxylic acids is 4. The van der Waals surface area contributed by atoms with E-state index in [0.29, 0.717) is 13.1 Å². The molecule has 0 aromatic heterocycles. The predicted octanol–water partition coefficient (Wildman–Crippen LogP) is 5.33. The molecule has 0 saturated carbocycles. The van der Waals surface area contributed by atoms with Crippen molar-refractivity contribution in [2.75, 3.05) is 118 Å². The topological polar surface area (TPSA) is 620 Å². The standard InChI is InChI=1S/2C17H22NO6.2C16H36N.13O.6V/c2*1-2-3-8-18-15(22)13-6-4-5-7-14(13)16(23)24-12-17(9-19,10-20)11-21;2*1-5-9-13-17(14-10-6-2,15-11-7-3)16-12-8-4;;;;;;;;;;;;;;;;;;;/h2*4-7H,2-3,8-12H2,1H3,(H,18,22);2*5-16H2,1-4H3;;;;;;;;;;;;;;;;;;;/q2*-3;2*+1;13*-2;;;;;;. The number of esters is 2. The van der Waals surface area contributed by atoms with Crippen LogP contribution in [0.15, 0.2) is 48.5 Å². The molecule has 2 N–H and O–H groups in total. The second kappa shape index (κ2) is 101. The van der Waals surface area contributed by atoms with E-state index in [1.807, 2.05) is 13.8 Å². The zero-order valence-corrected chi connectivity index (χ0v) is 69.7. The molecule has 101 heavy (non-hydrogen) atoms. The molecule has 0 aliphatic rings. The Morgan fingerprint density at radius 1 is 0.307 bits per heavy atom. The van der Waals surface area contributed by atoms with Gasteiger partial charge in [0.25, 0.3) is 11.8 Å². The molecule has 6 radical (unpaired) electrons. The average Bonchev–Trinajstić information content (AvgIpc) is 0.896. The van der Waals surface area contributed by atoms with Gasteiger partial charge in [-0.15, -0.1) is 39.6 Å². The van der Waals surface area contributed by atoms with Gasteiger partial charge < -0.3 is 131 Å². The van der Waals surface area contributed by atoms with Crippen LogP contribution in [0.3, 0.4) is 0 Å². The van der Waals surface area contributed by atoms with Crippen LogP contribution in [-0.4, -0.2) is 151 Å². The number of unbranched alkanes of at least 4 members (excludes halogenated alkanes) is 10. The van der Waals surface area contributed by atoms with E-state index in [4.69, 9.17) is 9.47 Å². The Kier molecular flexibility index (Phi) is 157. The van der Waals surface area contributed by atoms with Crippen molar-refractivity contribution >= 4 is 23.8 Å². The second-order valence-corrected chi connectivity index (χ2v) is 22.6. The monoisotopic (exact) mass is 1670 g/mol. The van der Waals surface area contributed by atoms with Crippen molar-refractivity contribution in [3.05, 3.63) is 70.8 Å². The van der Waals surface area contributed by atoms with Gasteiger partial charge in [0.2, 0.25) is 0 Å². The minimum atomic E-state index is -1.64. The molecule has 2 aromatic carbocycles. The van der Waals surface area contributed by atoms with Crippen LogP contribution in [0.2, 0.25) is 0 Å². The summed E-state index contributed by atoms with van der Waals surface area (Å²) in [4.78, 5) is 48.7. The number of hydrogen-bond donors (Lipinski definition) is 2. The predicted molar refractivity (Wildman–Crippen MR) is 330 cm³/mol. The Balaban J connectivity index is -0.0000000423. The molecule has 0 unspecified atom stereocenters. The summed E-state index contributed by atoms with van der Waals surface area (Å²) in [5, 5.41) is 71.6. The summed E-state index contributed by atoms with van der Waals surface area (Å²) in [5.41, 5.74) is -2.93. The van der Waals surface area contributed by atoms with Crippen molar-refractivity contribution < 1.29 is 251 Å². The number of ether oxygens (including phenoxy) is 2. The smallest absolute Gasteiger partial charge is 0.338 e. The van der Waals surface area contributed by atoms with Crippen molar-refractivity contribution in [1.29, 1.82) is 0 Å². The van der Waals surface area contributed by atoms with Crippen molar-refractivity contribution in [3.8, 4) is 0 Å². The van der Waals surface area contributed by atoms with Gasteiger partial charge >= 0.3 is 11.9 Å². The van der Waals surface area contributed by atoms with Gasteiger partial charge in [0.05, 0.1) is 87.8 Å². The molecule has 35 heteroatoms. The van der Waals surface area contributed by atoms with Gasteiger partial charge in [0, 0.05) is 124 Å². The minimum Gasteiger partial charge on any atom is -2.00 e. The van der Waals surface area contributed by atoms with Gasteiger partial charge in [-0.1, -0.05) is 158 Å². The first-order valence-electron chi connectivity index (χ1n) is 31.8. The molecule has 0 spiro atoms. The zero-order valence-electron chi connectivity index (χ0n) is 61.3. The summed E-state index contributed by atoms with van der Waals surface area (Å²) in [6.07, 6.45) is 25.6. The third kappa shape index (κ3) is 68.0. The van der Waals surface area contributed by atoms with Crippen LogP contribution >= 0.6 is 0 Å². The Hall–Kier alpha value is -1.01. The summed E-state index contributed by atoms with van der Waals surface area (Å²) in [6, 6.07) is 12.2. The fourth-order valence-electron chi connectivity index (χ4n) is 9.05. The minimum absolute atomic E-state index is 0. The van der Waals surface area contributed by atoms with Gasteiger partial charge in [-0.25, -0.2) is 9.59 Å². The van der Waals surface area contributed by atoms with E-state index >= 15 is 0 Å². The molecule has 0 aliphatic heterocycles. The Morgan fingerprint density at radius 2 is 0.475 bits per heavy atom. The van der Waals surface area contributed by atoms with Crippen LogP contribution < -0.4 is 41.3 Å². The maximum atomic E-state index is 12.2. The van der Waals surface area contributed by atoms with Crippen LogP contribution in [0.1, 0.15) is 239 Å². The molecule has 0 bridgehead atoms. The first-order chi connectivity index (χ1) is 39.5. The SMILES string of the molecule is CCCCNC(=O)c1ccccc1C(=O)OCC(C[O-])(C[O-])C[O-].CCCCNC(=O)c1ccccc1C(=O)OCC(C[O-])(C[O-])C[O-].CCCC[N+](CCCC)(CCCC)CCCC.CCCC[N+](CCCC)(CCCC)CCCC.[O-2].[O-2].[O-2].[O-2].[O-2].[O-2].[O-2].[O-2].[O-2].[O-2].[O-2].[O-2].[O-2].[V].[V].[V].[V].[V].[V]. The Morgan fingerprint density at radius 3 is 0.634 bits per heavy atom. The van der Waals surface area contributed by atoms with Crippen LogP contribution in [0.5, 0.6) is 0 Å². The van der Waals surface area contributed by atoms with E-state index in [1.165, 1.54) is 188 Å². The van der Waals surface area contributed by atoms with Crippen LogP contribution in [-0.2, 0) is 192 Å². The second-order valence-electron chi connectivity index (χ2n) is 22.6. The van der Waals surface area contributed by atoms with E-state index in [0.717, 1.165) is 25.7 Å². The molecule has 2 aromatic rings. The van der Waals surface area contributed by atoms with E-state index in [1.54, 1.807) is 24.3 Å². The number of nitrogens with zero attached hydrogens (tertiary/aromatic N) is 2. The molecule has 0 saturated heterocycles. The largest absolute Gasteiger partial charge is 2.00 e. The molecule has 0 aliphatic carbocycles. The summed E-state index contributed by atoms with van der Waals surface area (Å²) in [6.45, 7) is 28.4. The van der Waals surface area contributed by atoms with E-state index < -0.39 is 87.4 Å². The van der Waals surface area contributed by atoms with Gasteiger partial charge in [0.1, 0.15) is 0 Å². The third-order valence-electron chi connectivity index (χ3n) is 15.2. The number of amides is 2. The number of hydrogen-bond acceptors (Lipinski definition) is 12. The Bertz CT molecular complexity index is 1730. The zero-order chi connectivity index (χ0) is 62.0. The molecular weight excluding hydrogens is 1550 g/mol.